The van der Waals surface area contributed by atoms with Crippen molar-refractivity contribution >= 4 is 5.91 Å². The topological polar surface area (TPSA) is 46.9 Å². The molecular weight excluding hydrogens is 310 g/mol. The molecule has 128 valence electrons. The lowest BCUT2D eigenvalue weighted by molar-refractivity contribution is 0.0953. The van der Waals surface area contributed by atoms with Crippen LogP contribution in [0.15, 0.2) is 66.9 Å². The fourth-order valence-electron chi connectivity index (χ4n) is 2.93. The Kier molecular flexibility index (Phi) is 5.62. The Labute approximate surface area is 148 Å². The van der Waals surface area contributed by atoms with Gasteiger partial charge >= 0.3 is 0 Å². The van der Waals surface area contributed by atoms with Gasteiger partial charge in [-0.1, -0.05) is 67.6 Å². The molecule has 0 aliphatic heterocycles. The molecule has 25 heavy (non-hydrogen) atoms. The third kappa shape index (κ3) is 4.35. The van der Waals surface area contributed by atoms with E-state index in [0.717, 1.165) is 18.5 Å². The molecule has 2 aromatic carbocycles. The van der Waals surface area contributed by atoms with Gasteiger partial charge in [0, 0.05) is 6.54 Å². The average Bonchev–Trinajstić information content (AvgIpc) is 3.06. The molecule has 1 heterocycles. The Bertz CT molecular complexity index is 810. The van der Waals surface area contributed by atoms with Gasteiger partial charge in [-0.25, -0.2) is 0 Å². The maximum Gasteiger partial charge on any atom is 0.254 e. The van der Waals surface area contributed by atoms with Crippen LogP contribution in [-0.4, -0.2) is 22.2 Å². The Morgan fingerprint density at radius 2 is 1.64 bits per heavy atom. The van der Waals surface area contributed by atoms with Gasteiger partial charge in [-0.2, -0.15) is 5.10 Å². The first-order valence-electron chi connectivity index (χ1n) is 8.68. The van der Waals surface area contributed by atoms with Crippen molar-refractivity contribution < 1.29 is 4.79 Å². The maximum absolute atomic E-state index is 12.5. The SMILES string of the molecule is CCc1c(C(=O)NCCc2ccccc2)cnn1Cc1ccccc1. The second-order valence-electron chi connectivity index (χ2n) is 5.99. The molecule has 1 N–H and O–H groups in total. The van der Waals surface area contributed by atoms with E-state index in [9.17, 15) is 4.79 Å². The predicted octanol–water partition coefficient (Wildman–Crippen LogP) is 3.47. The molecule has 0 fully saturated rings. The molecule has 0 aliphatic rings. The van der Waals surface area contributed by atoms with Crippen LogP contribution in [0.3, 0.4) is 0 Å². The van der Waals surface area contributed by atoms with Crippen molar-refractivity contribution in [1.82, 2.24) is 15.1 Å². The summed E-state index contributed by atoms with van der Waals surface area (Å²) >= 11 is 0. The van der Waals surface area contributed by atoms with Gasteiger partial charge in [-0.15, -0.1) is 0 Å². The van der Waals surface area contributed by atoms with Gasteiger partial charge in [0.25, 0.3) is 5.91 Å². The van der Waals surface area contributed by atoms with Gasteiger partial charge in [0.1, 0.15) is 0 Å². The molecule has 3 aromatic rings. The molecule has 0 saturated carbocycles. The molecule has 4 heteroatoms. The van der Waals surface area contributed by atoms with Crippen LogP contribution in [0.1, 0.15) is 34.1 Å². The van der Waals surface area contributed by atoms with E-state index in [1.54, 1.807) is 6.20 Å². The van der Waals surface area contributed by atoms with Gasteiger partial charge < -0.3 is 5.32 Å². The molecule has 1 amide bonds. The summed E-state index contributed by atoms with van der Waals surface area (Å²) in [5.41, 5.74) is 4.04. The van der Waals surface area contributed by atoms with Crippen molar-refractivity contribution in [1.29, 1.82) is 0 Å². The molecule has 0 bridgehead atoms. The Balaban J connectivity index is 1.64. The minimum atomic E-state index is -0.0490. The second-order valence-corrected chi connectivity index (χ2v) is 5.99. The monoisotopic (exact) mass is 333 g/mol. The average molecular weight is 333 g/mol. The number of hydrogen-bond acceptors (Lipinski definition) is 2. The standard InChI is InChI=1S/C21H23N3O/c1-2-20-19(15-23-24(20)16-18-11-7-4-8-12-18)21(25)22-14-13-17-9-5-3-6-10-17/h3-12,15H,2,13-14,16H2,1H3,(H,22,25). The number of carbonyl (C=O) groups excluding carboxylic acids is 1. The van der Waals surface area contributed by atoms with Crippen LogP contribution in [0.5, 0.6) is 0 Å². The van der Waals surface area contributed by atoms with Crippen molar-refractivity contribution in [2.24, 2.45) is 0 Å². The van der Waals surface area contributed by atoms with E-state index in [1.165, 1.54) is 11.1 Å². The highest BCUT2D eigenvalue weighted by molar-refractivity contribution is 5.95. The zero-order chi connectivity index (χ0) is 17.5. The number of benzene rings is 2. The third-order valence-corrected chi connectivity index (χ3v) is 4.25. The molecule has 0 spiro atoms. The van der Waals surface area contributed by atoms with Crippen molar-refractivity contribution in [3.8, 4) is 0 Å². The van der Waals surface area contributed by atoms with Crippen LogP contribution >= 0.6 is 0 Å². The smallest absolute Gasteiger partial charge is 0.254 e. The highest BCUT2D eigenvalue weighted by Crippen LogP contribution is 2.12. The van der Waals surface area contributed by atoms with Crippen molar-refractivity contribution in [3.63, 3.8) is 0 Å². The molecule has 4 nitrogen and oxygen atoms in total. The Hall–Kier alpha value is -2.88. The summed E-state index contributed by atoms with van der Waals surface area (Å²) in [6.07, 6.45) is 3.28. The highest BCUT2D eigenvalue weighted by Gasteiger charge is 2.16. The quantitative estimate of drug-likeness (QED) is 0.720. The fraction of sp³-hybridized carbons (Fsp3) is 0.238. The second kappa shape index (κ2) is 8.29. The van der Waals surface area contributed by atoms with Crippen molar-refractivity contribution in [3.05, 3.63) is 89.2 Å². The van der Waals surface area contributed by atoms with E-state index in [2.05, 4.69) is 41.6 Å². The molecule has 0 atom stereocenters. The van der Waals surface area contributed by atoms with Gasteiger partial charge in [0.2, 0.25) is 0 Å². The summed E-state index contributed by atoms with van der Waals surface area (Å²) in [5.74, 6) is -0.0490. The van der Waals surface area contributed by atoms with Crippen LogP contribution in [0.25, 0.3) is 0 Å². The first-order chi connectivity index (χ1) is 12.3. The molecule has 0 unspecified atom stereocenters. The highest BCUT2D eigenvalue weighted by atomic mass is 16.1. The predicted molar refractivity (Wildman–Crippen MR) is 99.6 cm³/mol. The summed E-state index contributed by atoms with van der Waals surface area (Å²) in [4.78, 5) is 12.5. The number of hydrogen-bond donors (Lipinski definition) is 1. The minimum absolute atomic E-state index is 0.0490. The largest absolute Gasteiger partial charge is 0.352 e. The molecule has 3 rings (SSSR count). The number of rotatable bonds is 7. The van der Waals surface area contributed by atoms with Crippen LogP contribution in [-0.2, 0) is 19.4 Å². The minimum Gasteiger partial charge on any atom is -0.352 e. The molecule has 0 radical (unpaired) electrons. The summed E-state index contributed by atoms with van der Waals surface area (Å²) < 4.78 is 1.92. The van der Waals surface area contributed by atoms with E-state index >= 15 is 0 Å². The number of nitrogens with zero attached hydrogens (tertiary/aromatic N) is 2. The van der Waals surface area contributed by atoms with Crippen molar-refractivity contribution in [2.45, 2.75) is 26.3 Å². The number of amides is 1. The molecular formula is C21H23N3O. The first-order valence-corrected chi connectivity index (χ1v) is 8.68. The van der Waals surface area contributed by atoms with Gasteiger partial charge in [-0.3, -0.25) is 9.48 Å². The van der Waals surface area contributed by atoms with Gasteiger partial charge in [0.15, 0.2) is 0 Å². The summed E-state index contributed by atoms with van der Waals surface area (Å²) in [6.45, 7) is 3.36. The van der Waals surface area contributed by atoms with Gasteiger partial charge in [0.05, 0.1) is 24.0 Å². The maximum atomic E-state index is 12.5. The Morgan fingerprint density at radius 3 is 2.28 bits per heavy atom. The van der Waals surface area contributed by atoms with E-state index in [0.29, 0.717) is 18.7 Å². The molecule has 0 saturated heterocycles. The van der Waals surface area contributed by atoms with Crippen molar-refractivity contribution in [2.75, 3.05) is 6.54 Å². The number of nitrogens with one attached hydrogen (secondary N) is 1. The van der Waals surface area contributed by atoms with Crippen LogP contribution in [0.4, 0.5) is 0 Å². The zero-order valence-electron chi connectivity index (χ0n) is 14.5. The number of carbonyl (C=O) groups is 1. The normalized spacial score (nSPS) is 10.6. The lowest BCUT2D eigenvalue weighted by Crippen LogP contribution is -2.26. The zero-order valence-corrected chi connectivity index (χ0v) is 14.5. The Morgan fingerprint density at radius 1 is 1.00 bits per heavy atom. The van der Waals surface area contributed by atoms with E-state index < -0.39 is 0 Å². The summed E-state index contributed by atoms with van der Waals surface area (Å²) in [6, 6.07) is 20.3. The molecule has 1 aromatic heterocycles. The summed E-state index contributed by atoms with van der Waals surface area (Å²) in [7, 11) is 0. The van der Waals surface area contributed by atoms with Crippen LogP contribution in [0, 0.1) is 0 Å². The lowest BCUT2D eigenvalue weighted by Gasteiger charge is -2.09. The van der Waals surface area contributed by atoms with E-state index in [4.69, 9.17) is 0 Å². The summed E-state index contributed by atoms with van der Waals surface area (Å²) in [5, 5.41) is 7.43. The van der Waals surface area contributed by atoms with Crippen LogP contribution in [0.2, 0.25) is 0 Å². The first kappa shape index (κ1) is 17.0. The number of aromatic nitrogens is 2. The molecule has 0 aliphatic carbocycles. The third-order valence-electron chi connectivity index (χ3n) is 4.25. The van der Waals surface area contributed by atoms with Crippen LogP contribution < -0.4 is 5.32 Å². The lowest BCUT2D eigenvalue weighted by atomic mass is 10.1. The van der Waals surface area contributed by atoms with Gasteiger partial charge in [-0.05, 0) is 24.0 Å². The fourth-order valence-corrected chi connectivity index (χ4v) is 2.93. The van der Waals surface area contributed by atoms with E-state index in [1.807, 2.05) is 41.1 Å². The van der Waals surface area contributed by atoms with E-state index in [-0.39, 0.29) is 5.91 Å².